The summed E-state index contributed by atoms with van der Waals surface area (Å²) in [6, 6.07) is 10.2. The first-order valence-electron chi connectivity index (χ1n) is 8.96. The maximum atomic E-state index is 14.2. The van der Waals surface area contributed by atoms with E-state index in [0.717, 1.165) is 17.2 Å². The van der Waals surface area contributed by atoms with Crippen molar-refractivity contribution in [2.24, 2.45) is 0 Å². The third kappa shape index (κ3) is 4.69. The molecule has 2 heterocycles. The number of carbonyl (C=O) groups excluding carboxylic acids is 1. The lowest BCUT2D eigenvalue weighted by Gasteiger charge is -2.26. The van der Waals surface area contributed by atoms with Gasteiger partial charge in [-0.1, -0.05) is 12.1 Å². The van der Waals surface area contributed by atoms with E-state index >= 15 is 0 Å². The summed E-state index contributed by atoms with van der Waals surface area (Å²) in [5.74, 6) is -2.69. The zero-order chi connectivity index (χ0) is 22.6. The summed E-state index contributed by atoms with van der Waals surface area (Å²) in [5, 5.41) is 7.25. The van der Waals surface area contributed by atoms with Crippen LogP contribution in [0.1, 0.15) is 10.9 Å². The Morgan fingerprint density at radius 1 is 1.19 bits per heavy atom. The summed E-state index contributed by atoms with van der Waals surface area (Å²) < 4.78 is 40.9. The standard InChI is InChI=1S/C21H18FN3O5S/c1-25(19(26)8-9-20(27)28)21(31(29,30)15-5-4-10-23-13-15)14-11-18(24-12-14)16-6-2-3-7-17(16)22/h2-13,21,24H,1H3,(H,27,28)/b9-8+. The molecule has 0 radical (unpaired) electrons. The van der Waals surface area contributed by atoms with Gasteiger partial charge in [0.15, 0.2) is 5.37 Å². The molecule has 31 heavy (non-hydrogen) atoms. The number of likely N-dealkylation sites (N-methyl/N-ethyl adjacent to an activating group) is 1. The summed E-state index contributed by atoms with van der Waals surface area (Å²) in [5.41, 5.74) is 0.717. The fourth-order valence-electron chi connectivity index (χ4n) is 3.02. The van der Waals surface area contributed by atoms with Crippen molar-refractivity contribution in [3.05, 3.63) is 84.6 Å². The van der Waals surface area contributed by atoms with Crippen molar-refractivity contribution >= 4 is 21.7 Å². The second-order valence-corrected chi connectivity index (χ2v) is 8.54. The van der Waals surface area contributed by atoms with Crippen LogP contribution in [0.3, 0.4) is 0 Å². The van der Waals surface area contributed by atoms with Crippen LogP contribution in [-0.2, 0) is 19.4 Å². The van der Waals surface area contributed by atoms with Crippen LogP contribution in [0.4, 0.5) is 4.39 Å². The van der Waals surface area contributed by atoms with Gasteiger partial charge in [0.2, 0.25) is 15.7 Å². The molecule has 3 rings (SSSR count). The largest absolute Gasteiger partial charge is 0.478 e. The third-order valence-corrected chi connectivity index (χ3v) is 6.55. The van der Waals surface area contributed by atoms with Crippen LogP contribution in [0.15, 0.2) is 78.1 Å². The fraction of sp³-hybridized carbons (Fsp3) is 0.0952. The molecule has 0 aliphatic rings. The first-order chi connectivity index (χ1) is 14.7. The van der Waals surface area contributed by atoms with E-state index < -0.39 is 32.9 Å². The SMILES string of the molecule is CN(C(=O)/C=C/C(=O)O)C(c1c[nH]c(-c2ccccc2F)c1)S(=O)(=O)c1cccnc1. The molecule has 0 bridgehead atoms. The Hall–Kier alpha value is -3.79. The number of aromatic nitrogens is 2. The van der Waals surface area contributed by atoms with E-state index in [4.69, 9.17) is 5.11 Å². The van der Waals surface area contributed by atoms with Gasteiger partial charge in [-0.05, 0) is 30.3 Å². The zero-order valence-electron chi connectivity index (χ0n) is 16.3. The Morgan fingerprint density at radius 2 is 1.94 bits per heavy atom. The van der Waals surface area contributed by atoms with E-state index in [-0.39, 0.29) is 16.0 Å². The van der Waals surface area contributed by atoms with Crippen molar-refractivity contribution in [2.45, 2.75) is 10.3 Å². The first kappa shape index (κ1) is 21.9. The minimum absolute atomic E-state index is 0.129. The summed E-state index contributed by atoms with van der Waals surface area (Å²) in [7, 11) is -2.93. The Labute approximate surface area is 177 Å². The van der Waals surface area contributed by atoms with Gasteiger partial charge < -0.3 is 15.0 Å². The van der Waals surface area contributed by atoms with Crippen LogP contribution in [0.25, 0.3) is 11.3 Å². The van der Waals surface area contributed by atoms with Crippen molar-refractivity contribution in [3.8, 4) is 11.3 Å². The highest BCUT2D eigenvalue weighted by Crippen LogP contribution is 2.34. The van der Waals surface area contributed by atoms with Crippen LogP contribution in [0, 0.1) is 5.82 Å². The van der Waals surface area contributed by atoms with Gasteiger partial charge in [0.05, 0.1) is 4.90 Å². The lowest BCUT2D eigenvalue weighted by Crippen LogP contribution is -2.35. The van der Waals surface area contributed by atoms with Gasteiger partial charge >= 0.3 is 5.97 Å². The molecule has 3 aromatic rings. The Kier molecular flexibility index (Phi) is 6.30. The van der Waals surface area contributed by atoms with Gasteiger partial charge in [-0.25, -0.2) is 17.6 Å². The van der Waals surface area contributed by atoms with Crippen molar-refractivity contribution in [1.82, 2.24) is 14.9 Å². The van der Waals surface area contributed by atoms with Crippen LogP contribution in [0.2, 0.25) is 0 Å². The fourth-order valence-corrected chi connectivity index (χ4v) is 4.77. The van der Waals surface area contributed by atoms with Gasteiger partial charge in [-0.2, -0.15) is 0 Å². The van der Waals surface area contributed by atoms with E-state index in [9.17, 15) is 22.4 Å². The number of pyridine rings is 1. The number of amides is 1. The maximum absolute atomic E-state index is 14.2. The average Bonchev–Trinajstić information content (AvgIpc) is 3.22. The summed E-state index contributed by atoms with van der Waals surface area (Å²) >= 11 is 0. The number of carbonyl (C=O) groups is 2. The molecule has 2 aromatic heterocycles. The number of H-pyrrole nitrogens is 1. The molecule has 0 aliphatic carbocycles. The minimum atomic E-state index is -4.17. The number of benzene rings is 1. The highest BCUT2D eigenvalue weighted by Gasteiger charge is 2.35. The molecule has 1 amide bonds. The molecule has 1 aromatic carbocycles. The second-order valence-electron chi connectivity index (χ2n) is 6.53. The summed E-state index contributed by atoms with van der Waals surface area (Å²) in [4.78, 5) is 30.7. The van der Waals surface area contributed by atoms with Crippen LogP contribution in [-0.4, -0.2) is 47.3 Å². The predicted molar refractivity (Wildman–Crippen MR) is 110 cm³/mol. The van der Waals surface area contributed by atoms with E-state index in [2.05, 4.69) is 9.97 Å². The van der Waals surface area contributed by atoms with Crippen molar-refractivity contribution in [1.29, 1.82) is 0 Å². The molecule has 0 spiro atoms. The molecule has 10 heteroatoms. The van der Waals surface area contributed by atoms with Gasteiger partial charge in [-0.3, -0.25) is 9.78 Å². The minimum Gasteiger partial charge on any atom is -0.478 e. The molecule has 0 aliphatic heterocycles. The maximum Gasteiger partial charge on any atom is 0.328 e. The average molecular weight is 443 g/mol. The van der Waals surface area contributed by atoms with Crippen molar-refractivity contribution in [2.75, 3.05) is 7.05 Å². The zero-order valence-corrected chi connectivity index (χ0v) is 17.1. The Morgan fingerprint density at radius 3 is 2.58 bits per heavy atom. The molecule has 8 nitrogen and oxygen atoms in total. The van der Waals surface area contributed by atoms with Crippen LogP contribution < -0.4 is 0 Å². The molecule has 0 fully saturated rings. The van der Waals surface area contributed by atoms with Gasteiger partial charge in [0.25, 0.3) is 0 Å². The number of carboxylic acids is 1. The number of nitrogens with one attached hydrogen (secondary N) is 1. The summed E-state index contributed by atoms with van der Waals surface area (Å²) in [6.07, 6.45) is 5.31. The number of hydrogen-bond donors (Lipinski definition) is 2. The van der Waals surface area contributed by atoms with Gasteiger partial charge in [-0.15, -0.1) is 0 Å². The number of aromatic amines is 1. The highest BCUT2D eigenvalue weighted by molar-refractivity contribution is 7.91. The number of rotatable bonds is 7. The van der Waals surface area contributed by atoms with Crippen LogP contribution in [0.5, 0.6) is 0 Å². The van der Waals surface area contributed by atoms with Gasteiger partial charge in [0, 0.05) is 54.6 Å². The molecule has 0 saturated heterocycles. The molecule has 1 unspecified atom stereocenters. The lowest BCUT2D eigenvalue weighted by atomic mass is 10.1. The molecule has 2 N–H and O–H groups in total. The Bertz CT molecular complexity index is 1240. The second kappa shape index (κ2) is 8.92. The molecule has 160 valence electrons. The highest BCUT2D eigenvalue weighted by atomic mass is 32.2. The van der Waals surface area contributed by atoms with E-state index in [1.165, 1.54) is 55.8 Å². The Balaban J connectivity index is 2.10. The predicted octanol–water partition coefficient (Wildman–Crippen LogP) is 2.79. The molecule has 1 atom stereocenters. The summed E-state index contributed by atoms with van der Waals surface area (Å²) in [6.45, 7) is 0. The number of halogens is 1. The lowest BCUT2D eigenvalue weighted by molar-refractivity contribution is -0.132. The van der Waals surface area contributed by atoms with Gasteiger partial charge in [0.1, 0.15) is 5.82 Å². The number of aliphatic carboxylic acids is 1. The topological polar surface area (TPSA) is 120 Å². The quantitative estimate of drug-likeness (QED) is 0.542. The number of nitrogens with zero attached hydrogens (tertiary/aromatic N) is 2. The first-order valence-corrected chi connectivity index (χ1v) is 10.5. The molecular formula is C21H18FN3O5S. The van der Waals surface area contributed by atoms with E-state index in [1.54, 1.807) is 6.07 Å². The van der Waals surface area contributed by atoms with E-state index in [1.807, 2.05) is 0 Å². The van der Waals surface area contributed by atoms with Crippen LogP contribution >= 0.6 is 0 Å². The molecule has 0 saturated carbocycles. The third-order valence-electron chi connectivity index (χ3n) is 4.48. The molecular weight excluding hydrogens is 425 g/mol. The normalized spacial score (nSPS) is 12.6. The van der Waals surface area contributed by atoms with Crippen molar-refractivity contribution < 1.29 is 27.5 Å². The number of sulfone groups is 1. The van der Waals surface area contributed by atoms with Crippen molar-refractivity contribution in [3.63, 3.8) is 0 Å². The smallest absolute Gasteiger partial charge is 0.328 e. The number of hydrogen-bond acceptors (Lipinski definition) is 5. The van der Waals surface area contributed by atoms with E-state index in [0.29, 0.717) is 11.8 Å². The number of carboxylic acid groups (broad SMARTS) is 1. The monoisotopic (exact) mass is 443 g/mol.